The Hall–Kier alpha value is -3.95. The van der Waals surface area contributed by atoms with Crippen molar-refractivity contribution in [2.75, 3.05) is 42.6 Å². The van der Waals surface area contributed by atoms with Crippen molar-refractivity contribution in [3.05, 3.63) is 85.5 Å². The molecule has 2 bridgehead atoms. The number of nitrogens with zero attached hydrogens (tertiary/aromatic N) is 3. The molecule has 1 spiro atoms. The Bertz CT molecular complexity index is 1380. The predicted molar refractivity (Wildman–Crippen MR) is 174 cm³/mol. The normalized spacial score (nSPS) is 25.5. The zero-order chi connectivity index (χ0) is 32.1. The molecule has 240 valence electrons. The highest BCUT2D eigenvalue weighted by atomic mass is 16.6. The van der Waals surface area contributed by atoms with E-state index in [1.807, 2.05) is 54.6 Å². The lowest BCUT2D eigenvalue weighted by atomic mass is 9.70. The number of rotatable bonds is 15. The van der Waals surface area contributed by atoms with E-state index >= 15 is 0 Å². The fourth-order valence-corrected chi connectivity index (χ4v) is 7.53. The molecule has 0 radical (unpaired) electrons. The molecule has 9 heteroatoms. The van der Waals surface area contributed by atoms with Crippen LogP contribution < -0.4 is 9.80 Å². The second kappa shape index (κ2) is 14.0. The Balaban J connectivity index is 1.56. The van der Waals surface area contributed by atoms with Gasteiger partial charge in [-0.25, -0.2) is 0 Å². The predicted octanol–water partition coefficient (Wildman–Crippen LogP) is 4.67. The average Bonchev–Trinajstić information content (AvgIpc) is 3.71. The van der Waals surface area contributed by atoms with Gasteiger partial charge in [-0.2, -0.15) is 0 Å². The van der Waals surface area contributed by atoms with Gasteiger partial charge in [-0.15, -0.1) is 13.2 Å². The van der Waals surface area contributed by atoms with Crippen molar-refractivity contribution in [2.45, 2.75) is 63.3 Å². The number of ether oxygens (including phenoxy) is 2. The van der Waals surface area contributed by atoms with E-state index in [9.17, 15) is 19.5 Å². The fraction of sp³-hybridized carbons (Fsp3) is 0.472. The maximum atomic E-state index is 14.9. The molecule has 3 aliphatic heterocycles. The van der Waals surface area contributed by atoms with Gasteiger partial charge >= 0.3 is 5.97 Å². The van der Waals surface area contributed by atoms with Crippen LogP contribution in [0, 0.1) is 11.8 Å². The van der Waals surface area contributed by atoms with Crippen molar-refractivity contribution in [2.24, 2.45) is 11.8 Å². The number of amides is 2. The summed E-state index contributed by atoms with van der Waals surface area (Å²) >= 11 is 0. The van der Waals surface area contributed by atoms with E-state index in [0.29, 0.717) is 36.9 Å². The van der Waals surface area contributed by atoms with E-state index in [1.54, 1.807) is 17.1 Å². The van der Waals surface area contributed by atoms with Crippen LogP contribution in [-0.2, 0) is 23.9 Å². The molecule has 5 rings (SSSR count). The second-order valence-corrected chi connectivity index (χ2v) is 11.9. The number of hydrogen-bond donors (Lipinski definition) is 1. The molecule has 3 fully saturated rings. The van der Waals surface area contributed by atoms with Crippen molar-refractivity contribution >= 4 is 29.2 Å². The Morgan fingerprint density at radius 1 is 1.09 bits per heavy atom. The van der Waals surface area contributed by atoms with Gasteiger partial charge in [0.25, 0.3) is 5.91 Å². The van der Waals surface area contributed by atoms with E-state index in [2.05, 4.69) is 31.9 Å². The number of hydrogen-bond acceptors (Lipinski definition) is 7. The first kappa shape index (κ1) is 32.4. The van der Waals surface area contributed by atoms with Crippen LogP contribution >= 0.6 is 0 Å². The Morgan fingerprint density at radius 2 is 1.78 bits per heavy atom. The number of aliphatic hydroxyl groups is 1. The van der Waals surface area contributed by atoms with Crippen LogP contribution in [0.4, 0.5) is 11.4 Å². The molecule has 0 aromatic heterocycles. The topological polar surface area (TPSA) is 99.6 Å². The Morgan fingerprint density at radius 3 is 2.40 bits per heavy atom. The highest BCUT2D eigenvalue weighted by Gasteiger charge is 2.75. The monoisotopic (exact) mass is 615 g/mol. The third-order valence-corrected chi connectivity index (χ3v) is 9.60. The summed E-state index contributed by atoms with van der Waals surface area (Å²) in [5.74, 6) is -2.91. The zero-order valence-electron chi connectivity index (χ0n) is 26.3. The molecule has 45 heavy (non-hydrogen) atoms. The third kappa shape index (κ3) is 5.79. The molecule has 0 aliphatic carbocycles. The summed E-state index contributed by atoms with van der Waals surface area (Å²) in [7, 11) is 0. The number of unbranched alkanes of at least 4 members (excludes halogenated alkanes) is 1. The Kier molecular flexibility index (Phi) is 10.1. The summed E-state index contributed by atoms with van der Waals surface area (Å²) < 4.78 is 12.3. The van der Waals surface area contributed by atoms with Gasteiger partial charge in [-0.05, 0) is 69.4 Å². The molecule has 0 saturated carbocycles. The lowest BCUT2D eigenvalue weighted by Gasteiger charge is -2.39. The van der Waals surface area contributed by atoms with E-state index in [0.717, 1.165) is 18.8 Å². The van der Waals surface area contributed by atoms with E-state index in [4.69, 9.17) is 9.47 Å². The van der Waals surface area contributed by atoms with E-state index in [-0.39, 0.29) is 25.0 Å². The van der Waals surface area contributed by atoms with Gasteiger partial charge in [0, 0.05) is 31.0 Å². The Labute approximate surface area is 266 Å². The number of aliphatic hydroxyl groups excluding tert-OH is 1. The van der Waals surface area contributed by atoms with Crippen molar-refractivity contribution in [3.8, 4) is 0 Å². The molecule has 2 unspecified atom stereocenters. The number of likely N-dealkylation sites (tertiary alicyclic amines) is 1. The van der Waals surface area contributed by atoms with Crippen LogP contribution in [0.15, 0.2) is 79.9 Å². The number of carbonyl (C=O) groups excluding carboxylic acids is 3. The highest BCUT2D eigenvalue weighted by Crippen LogP contribution is 2.60. The first-order valence-corrected chi connectivity index (χ1v) is 16.1. The van der Waals surface area contributed by atoms with Crippen LogP contribution in [0.1, 0.15) is 51.1 Å². The SMILES string of the molecule is C=CCCCOC(=O)[C@@H]1[C@@H]2CCC3(O2)C(C(=O)N(CC=C)c2ccc(N(CC)CC)cc2)N([C@H](CO)c2ccccc2)C(=O)[C@H]13. The minimum Gasteiger partial charge on any atom is -0.465 e. The molecule has 3 saturated heterocycles. The number of benzene rings is 2. The summed E-state index contributed by atoms with van der Waals surface area (Å²) in [5, 5.41) is 10.7. The number of fused-ring (bicyclic) bond motifs is 1. The summed E-state index contributed by atoms with van der Waals surface area (Å²) in [5.41, 5.74) is 1.17. The molecule has 2 aromatic rings. The van der Waals surface area contributed by atoms with Crippen LogP contribution in [-0.4, -0.2) is 78.4 Å². The van der Waals surface area contributed by atoms with E-state index in [1.165, 1.54) is 4.90 Å². The van der Waals surface area contributed by atoms with Crippen molar-refractivity contribution in [1.82, 2.24) is 4.90 Å². The number of anilines is 2. The van der Waals surface area contributed by atoms with Crippen LogP contribution in [0.2, 0.25) is 0 Å². The number of esters is 1. The van der Waals surface area contributed by atoms with Crippen molar-refractivity contribution < 1.29 is 29.0 Å². The fourth-order valence-electron chi connectivity index (χ4n) is 7.53. The smallest absolute Gasteiger partial charge is 0.312 e. The van der Waals surface area contributed by atoms with Crippen LogP contribution in [0.3, 0.4) is 0 Å². The van der Waals surface area contributed by atoms with Gasteiger partial charge in [0.15, 0.2) is 0 Å². The number of allylic oxidation sites excluding steroid dienone is 1. The van der Waals surface area contributed by atoms with Crippen LogP contribution in [0.5, 0.6) is 0 Å². The standard InChI is InChI=1S/C36H45N3O6/c1-5-9-13-23-44-35(43)30-29-20-21-36(45-29)31(30)33(41)39(28(24-40)25-14-11-10-12-15-25)32(36)34(42)38(22-6-2)27-18-16-26(17-19-27)37(7-3)8-4/h5-6,10-12,14-19,28-32,40H,1-2,7-9,13,20-24H2,3-4H3/t28-,29+,30-,31+,32?,36?/m1/s1. The lowest BCUT2D eigenvalue weighted by Crippen LogP contribution is -2.57. The minimum atomic E-state index is -1.23. The molecule has 2 amide bonds. The van der Waals surface area contributed by atoms with Crippen molar-refractivity contribution in [1.29, 1.82) is 0 Å². The van der Waals surface area contributed by atoms with Crippen LogP contribution in [0.25, 0.3) is 0 Å². The maximum Gasteiger partial charge on any atom is 0.312 e. The zero-order valence-corrected chi connectivity index (χ0v) is 26.3. The van der Waals surface area contributed by atoms with Gasteiger partial charge in [0.2, 0.25) is 5.91 Å². The van der Waals surface area contributed by atoms with Gasteiger partial charge < -0.3 is 29.3 Å². The van der Waals surface area contributed by atoms with Gasteiger partial charge in [-0.1, -0.05) is 42.5 Å². The lowest BCUT2D eigenvalue weighted by molar-refractivity contribution is -0.156. The first-order valence-electron chi connectivity index (χ1n) is 16.1. The molecule has 2 aromatic carbocycles. The quantitative estimate of drug-likeness (QED) is 0.177. The molecule has 9 nitrogen and oxygen atoms in total. The van der Waals surface area contributed by atoms with E-state index < -0.39 is 48.2 Å². The summed E-state index contributed by atoms with van der Waals surface area (Å²) in [6, 6.07) is 15.1. The first-order chi connectivity index (χ1) is 21.9. The average molecular weight is 616 g/mol. The summed E-state index contributed by atoms with van der Waals surface area (Å²) in [6.45, 7) is 13.5. The van der Waals surface area contributed by atoms with Gasteiger partial charge in [0.1, 0.15) is 11.6 Å². The number of carbonyl (C=O) groups is 3. The molecular formula is C36H45N3O6. The van der Waals surface area contributed by atoms with Crippen molar-refractivity contribution in [3.63, 3.8) is 0 Å². The largest absolute Gasteiger partial charge is 0.465 e. The maximum absolute atomic E-state index is 14.9. The minimum absolute atomic E-state index is 0.204. The molecular weight excluding hydrogens is 570 g/mol. The molecule has 6 atom stereocenters. The summed E-state index contributed by atoms with van der Waals surface area (Å²) in [6.07, 6.45) is 5.22. The summed E-state index contributed by atoms with van der Waals surface area (Å²) in [4.78, 5) is 48.3. The second-order valence-electron chi connectivity index (χ2n) is 11.9. The van der Waals surface area contributed by atoms with Gasteiger partial charge in [0.05, 0.1) is 37.2 Å². The molecule has 3 aliphatic rings. The molecule has 1 N–H and O–H groups in total. The third-order valence-electron chi connectivity index (χ3n) is 9.60. The van der Waals surface area contributed by atoms with Gasteiger partial charge in [-0.3, -0.25) is 14.4 Å². The molecule has 3 heterocycles. The highest BCUT2D eigenvalue weighted by molar-refractivity contribution is 6.05.